The fourth-order valence-electron chi connectivity index (χ4n) is 4.06. The van der Waals surface area contributed by atoms with Gasteiger partial charge < -0.3 is 20.6 Å². The summed E-state index contributed by atoms with van der Waals surface area (Å²) in [5.74, 6) is -1.52. The zero-order valence-corrected chi connectivity index (χ0v) is 14.8. The van der Waals surface area contributed by atoms with Gasteiger partial charge in [0, 0.05) is 26.2 Å². The second kappa shape index (κ2) is 7.51. The van der Waals surface area contributed by atoms with Gasteiger partial charge in [-0.25, -0.2) is 9.59 Å². The van der Waals surface area contributed by atoms with E-state index < -0.39 is 17.4 Å². The van der Waals surface area contributed by atoms with Crippen LogP contribution < -0.4 is 10.6 Å². The number of urea groups is 2. The minimum absolute atomic E-state index is 0.141. The predicted octanol–water partition coefficient (Wildman–Crippen LogP) is 0.747. The molecule has 5 amide bonds. The number of rotatable bonds is 5. The maximum Gasteiger partial charge on any atom is 0.325 e. The fourth-order valence-corrected chi connectivity index (χ4v) is 4.06. The van der Waals surface area contributed by atoms with Crippen molar-refractivity contribution in [3.05, 3.63) is 0 Å². The van der Waals surface area contributed by atoms with Gasteiger partial charge in [0.05, 0.1) is 5.92 Å². The number of carbonyl (C=O) groups excluding carboxylic acids is 3. The van der Waals surface area contributed by atoms with E-state index in [0.717, 1.165) is 19.3 Å². The first-order chi connectivity index (χ1) is 12.4. The van der Waals surface area contributed by atoms with Crippen LogP contribution in [-0.2, 0) is 9.59 Å². The molecule has 1 spiro atoms. The van der Waals surface area contributed by atoms with Gasteiger partial charge >= 0.3 is 18.0 Å². The van der Waals surface area contributed by atoms with Crippen LogP contribution in [0.3, 0.4) is 0 Å². The van der Waals surface area contributed by atoms with Gasteiger partial charge in [-0.1, -0.05) is 19.3 Å². The van der Waals surface area contributed by atoms with Crippen molar-refractivity contribution in [3.8, 4) is 0 Å². The van der Waals surface area contributed by atoms with Crippen molar-refractivity contribution >= 4 is 23.9 Å². The quantitative estimate of drug-likeness (QED) is 0.490. The van der Waals surface area contributed by atoms with Crippen LogP contribution in [0, 0.1) is 5.92 Å². The number of imide groups is 1. The molecule has 1 atom stereocenters. The maximum atomic E-state index is 12.6. The number of nitrogens with zero attached hydrogens (tertiary/aromatic N) is 2. The SMILES string of the molecule is O=C(O)C1CCN(C(=O)NCCCN2C(=O)NC3(CCCCC3)C2=O)C1. The Morgan fingerprint density at radius 3 is 2.62 bits per heavy atom. The normalized spacial score (nSPS) is 24.8. The molecule has 26 heavy (non-hydrogen) atoms. The molecule has 2 heterocycles. The number of carbonyl (C=O) groups is 4. The van der Waals surface area contributed by atoms with Crippen molar-refractivity contribution in [2.75, 3.05) is 26.2 Å². The lowest BCUT2D eigenvalue weighted by Gasteiger charge is -2.30. The molecule has 1 aliphatic carbocycles. The van der Waals surface area contributed by atoms with Gasteiger partial charge in [0.1, 0.15) is 5.54 Å². The molecule has 3 aliphatic rings. The smallest absolute Gasteiger partial charge is 0.325 e. The average Bonchev–Trinajstić information content (AvgIpc) is 3.19. The van der Waals surface area contributed by atoms with Gasteiger partial charge in [-0.15, -0.1) is 0 Å². The number of amides is 5. The minimum atomic E-state index is -0.879. The predicted molar refractivity (Wildman–Crippen MR) is 91.4 cm³/mol. The Labute approximate surface area is 152 Å². The third kappa shape index (κ3) is 3.61. The number of carboxylic acid groups (broad SMARTS) is 1. The third-order valence-electron chi connectivity index (χ3n) is 5.61. The first-order valence-corrected chi connectivity index (χ1v) is 9.33. The molecule has 0 radical (unpaired) electrons. The van der Waals surface area contributed by atoms with E-state index in [9.17, 15) is 19.2 Å². The summed E-state index contributed by atoms with van der Waals surface area (Å²) in [5, 5.41) is 14.6. The Morgan fingerprint density at radius 2 is 1.96 bits per heavy atom. The molecule has 0 aromatic heterocycles. The van der Waals surface area contributed by atoms with Crippen molar-refractivity contribution in [1.29, 1.82) is 0 Å². The first kappa shape index (κ1) is 18.5. The van der Waals surface area contributed by atoms with Crippen LogP contribution in [0.5, 0.6) is 0 Å². The van der Waals surface area contributed by atoms with E-state index in [-0.39, 0.29) is 31.1 Å². The van der Waals surface area contributed by atoms with Gasteiger partial charge in [-0.05, 0) is 25.7 Å². The van der Waals surface area contributed by atoms with Gasteiger partial charge in [0.2, 0.25) is 0 Å². The highest BCUT2D eigenvalue weighted by atomic mass is 16.4. The van der Waals surface area contributed by atoms with Crippen molar-refractivity contribution < 1.29 is 24.3 Å². The highest BCUT2D eigenvalue weighted by Gasteiger charge is 2.50. The van der Waals surface area contributed by atoms with Gasteiger partial charge in [0.15, 0.2) is 0 Å². The highest BCUT2D eigenvalue weighted by molar-refractivity contribution is 6.07. The molecule has 3 fully saturated rings. The average molecular weight is 366 g/mol. The Hall–Kier alpha value is -2.32. The maximum absolute atomic E-state index is 12.6. The van der Waals surface area contributed by atoms with E-state index in [0.29, 0.717) is 38.8 Å². The van der Waals surface area contributed by atoms with Crippen LogP contribution in [0.4, 0.5) is 9.59 Å². The molecule has 3 rings (SSSR count). The van der Waals surface area contributed by atoms with Crippen molar-refractivity contribution in [1.82, 2.24) is 20.4 Å². The summed E-state index contributed by atoms with van der Waals surface area (Å²) in [5.41, 5.74) is -0.708. The van der Waals surface area contributed by atoms with E-state index in [4.69, 9.17) is 5.11 Å². The van der Waals surface area contributed by atoms with E-state index >= 15 is 0 Å². The topological polar surface area (TPSA) is 119 Å². The Bertz CT molecular complexity index is 602. The molecule has 3 N–H and O–H groups in total. The van der Waals surface area contributed by atoms with E-state index in [2.05, 4.69) is 10.6 Å². The summed E-state index contributed by atoms with van der Waals surface area (Å²) in [7, 11) is 0. The lowest BCUT2D eigenvalue weighted by molar-refractivity contribution is -0.141. The fraction of sp³-hybridized carbons (Fsp3) is 0.765. The summed E-state index contributed by atoms with van der Waals surface area (Å²) >= 11 is 0. The summed E-state index contributed by atoms with van der Waals surface area (Å²) in [6, 6.07) is -0.637. The molecule has 1 unspecified atom stereocenters. The molecule has 9 heteroatoms. The number of hydrogen-bond acceptors (Lipinski definition) is 4. The standard InChI is InChI=1S/C17H26N4O5/c22-13(23)12-5-10-20(11-12)15(25)18-8-4-9-21-14(24)17(19-16(21)26)6-2-1-3-7-17/h12H,1-11H2,(H,18,25)(H,19,26)(H,22,23). The molecule has 9 nitrogen and oxygen atoms in total. The van der Waals surface area contributed by atoms with E-state index in [1.807, 2.05) is 0 Å². The second-order valence-corrected chi connectivity index (χ2v) is 7.39. The van der Waals surface area contributed by atoms with Crippen molar-refractivity contribution in [3.63, 3.8) is 0 Å². The lowest BCUT2D eigenvalue weighted by atomic mass is 9.82. The summed E-state index contributed by atoms with van der Waals surface area (Å²) in [4.78, 5) is 50.5. The molecule has 0 aromatic carbocycles. The molecular formula is C17H26N4O5. The van der Waals surface area contributed by atoms with Crippen molar-refractivity contribution in [2.45, 2.75) is 50.5 Å². The molecule has 1 saturated carbocycles. The van der Waals surface area contributed by atoms with Crippen LogP contribution in [0.1, 0.15) is 44.9 Å². The second-order valence-electron chi connectivity index (χ2n) is 7.39. The summed E-state index contributed by atoms with van der Waals surface area (Å²) < 4.78 is 0. The molecule has 2 saturated heterocycles. The molecule has 0 bridgehead atoms. The van der Waals surface area contributed by atoms with E-state index in [1.165, 1.54) is 9.80 Å². The summed E-state index contributed by atoms with van der Waals surface area (Å²) in [6.07, 6.45) is 5.32. The zero-order chi connectivity index (χ0) is 18.7. The highest BCUT2D eigenvalue weighted by Crippen LogP contribution is 2.33. The van der Waals surface area contributed by atoms with Crippen LogP contribution in [0.25, 0.3) is 0 Å². The minimum Gasteiger partial charge on any atom is -0.481 e. The van der Waals surface area contributed by atoms with Gasteiger partial charge in [-0.2, -0.15) is 0 Å². The zero-order valence-electron chi connectivity index (χ0n) is 14.8. The van der Waals surface area contributed by atoms with Crippen LogP contribution in [0.2, 0.25) is 0 Å². The number of hydrogen-bond donors (Lipinski definition) is 3. The number of likely N-dealkylation sites (tertiary alicyclic amines) is 1. The number of carboxylic acids is 1. The van der Waals surface area contributed by atoms with Crippen molar-refractivity contribution in [2.24, 2.45) is 5.92 Å². The van der Waals surface area contributed by atoms with Crippen LogP contribution >= 0.6 is 0 Å². The van der Waals surface area contributed by atoms with Gasteiger partial charge in [0.25, 0.3) is 5.91 Å². The molecular weight excluding hydrogens is 340 g/mol. The third-order valence-corrected chi connectivity index (χ3v) is 5.61. The molecule has 144 valence electrons. The monoisotopic (exact) mass is 366 g/mol. The van der Waals surface area contributed by atoms with Crippen LogP contribution in [0.15, 0.2) is 0 Å². The lowest BCUT2D eigenvalue weighted by Crippen LogP contribution is -2.48. The van der Waals surface area contributed by atoms with Crippen LogP contribution in [-0.4, -0.2) is 70.6 Å². The Kier molecular flexibility index (Phi) is 5.33. The largest absolute Gasteiger partial charge is 0.481 e. The van der Waals surface area contributed by atoms with Gasteiger partial charge in [-0.3, -0.25) is 14.5 Å². The number of aliphatic carboxylic acids is 1. The number of nitrogens with one attached hydrogen (secondary N) is 2. The molecule has 0 aromatic rings. The summed E-state index contributed by atoms with van der Waals surface area (Å²) in [6.45, 7) is 1.25. The van der Waals surface area contributed by atoms with E-state index in [1.54, 1.807) is 0 Å². The molecule has 2 aliphatic heterocycles. The Morgan fingerprint density at radius 1 is 1.23 bits per heavy atom. The first-order valence-electron chi connectivity index (χ1n) is 9.33. The Balaban J connectivity index is 1.41.